The Balaban J connectivity index is 1.53. The van der Waals surface area contributed by atoms with Crippen LogP contribution >= 0.6 is 0 Å². The lowest BCUT2D eigenvalue weighted by Gasteiger charge is -2.37. The molecule has 0 N–H and O–H groups in total. The van der Waals surface area contributed by atoms with Gasteiger partial charge in [-0.25, -0.2) is 0 Å². The van der Waals surface area contributed by atoms with Crippen LogP contribution in [0.5, 0.6) is 0 Å². The zero-order valence-corrected chi connectivity index (χ0v) is 15.0. The summed E-state index contributed by atoms with van der Waals surface area (Å²) >= 11 is 0. The van der Waals surface area contributed by atoms with Gasteiger partial charge in [0.1, 0.15) is 0 Å². The largest absolute Gasteiger partial charge is 0.379 e. The smallest absolute Gasteiger partial charge is 0.282 e. The molecule has 0 bridgehead atoms. The van der Waals surface area contributed by atoms with Gasteiger partial charge in [-0.05, 0) is 0 Å². The summed E-state index contributed by atoms with van der Waals surface area (Å²) in [7, 11) is -3.38. The number of ether oxygens (including phenoxy) is 1. The summed E-state index contributed by atoms with van der Waals surface area (Å²) in [6.07, 6.45) is 0. The minimum atomic E-state index is -3.38. The average molecular weight is 359 g/mol. The van der Waals surface area contributed by atoms with Crippen LogP contribution in [0.2, 0.25) is 0 Å². The van der Waals surface area contributed by atoms with Crippen molar-refractivity contribution >= 4 is 10.2 Å². The zero-order valence-electron chi connectivity index (χ0n) is 14.2. The van der Waals surface area contributed by atoms with E-state index >= 15 is 0 Å². The van der Waals surface area contributed by atoms with Gasteiger partial charge in [-0.2, -0.15) is 22.0 Å². The fraction of sp³-hybridized carbons (Fsp3) is 0.857. The fourth-order valence-corrected chi connectivity index (χ4v) is 4.38. The Bertz CT molecular complexity index is 633. The Kier molecular flexibility index (Phi) is 5.50. The highest BCUT2D eigenvalue weighted by Gasteiger charge is 2.33. The molecule has 2 aliphatic heterocycles. The van der Waals surface area contributed by atoms with Crippen molar-refractivity contribution < 1.29 is 17.7 Å². The molecule has 24 heavy (non-hydrogen) atoms. The van der Waals surface area contributed by atoms with Crippen LogP contribution in [0.25, 0.3) is 0 Å². The second kappa shape index (κ2) is 7.44. The van der Waals surface area contributed by atoms with Crippen LogP contribution in [0.15, 0.2) is 4.52 Å². The highest BCUT2D eigenvalue weighted by molar-refractivity contribution is 7.86. The molecule has 0 aromatic carbocycles. The Morgan fingerprint density at radius 2 is 1.67 bits per heavy atom. The van der Waals surface area contributed by atoms with Crippen LogP contribution in [-0.4, -0.2) is 84.6 Å². The molecule has 0 saturated carbocycles. The molecule has 1 aromatic rings. The van der Waals surface area contributed by atoms with Crippen molar-refractivity contribution in [1.29, 1.82) is 0 Å². The van der Waals surface area contributed by atoms with Gasteiger partial charge in [-0.3, -0.25) is 4.90 Å². The van der Waals surface area contributed by atoms with Crippen molar-refractivity contribution in [3.05, 3.63) is 11.7 Å². The van der Waals surface area contributed by atoms with Crippen molar-refractivity contribution in [2.75, 3.05) is 52.5 Å². The molecule has 2 saturated heterocycles. The molecule has 0 atom stereocenters. The summed E-state index contributed by atoms with van der Waals surface area (Å²) in [6, 6.07) is 0. The molecule has 10 heteroatoms. The average Bonchev–Trinajstić information content (AvgIpc) is 3.05. The number of nitrogens with zero attached hydrogens (tertiary/aromatic N) is 5. The van der Waals surface area contributed by atoms with Gasteiger partial charge in [-0.1, -0.05) is 19.0 Å². The maximum atomic E-state index is 12.6. The third kappa shape index (κ3) is 3.94. The predicted octanol–water partition coefficient (Wildman–Crippen LogP) is -0.112. The number of hydrogen-bond donors (Lipinski definition) is 0. The van der Waals surface area contributed by atoms with E-state index in [1.54, 1.807) is 4.31 Å². The first kappa shape index (κ1) is 17.7. The normalized spacial score (nSPS) is 22.3. The van der Waals surface area contributed by atoms with Crippen LogP contribution in [0.1, 0.15) is 31.5 Å². The fourth-order valence-electron chi connectivity index (χ4n) is 2.82. The van der Waals surface area contributed by atoms with E-state index in [4.69, 9.17) is 9.26 Å². The Morgan fingerprint density at radius 1 is 1.04 bits per heavy atom. The lowest BCUT2D eigenvalue weighted by molar-refractivity contribution is 0.0681. The van der Waals surface area contributed by atoms with E-state index in [1.165, 1.54) is 4.31 Å². The molecule has 0 radical (unpaired) electrons. The van der Waals surface area contributed by atoms with E-state index in [2.05, 4.69) is 15.0 Å². The summed E-state index contributed by atoms with van der Waals surface area (Å²) in [5.41, 5.74) is 0. The van der Waals surface area contributed by atoms with Crippen molar-refractivity contribution in [2.24, 2.45) is 0 Å². The SMILES string of the molecule is CC(C)c1noc(CN2CCN(S(=O)(=O)N3CCOCC3)CC2)n1. The highest BCUT2D eigenvalue weighted by atomic mass is 32.2. The standard InChI is InChI=1S/C14H25N5O4S/c1-12(2)14-15-13(23-16-14)11-17-3-5-18(6-4-17)24(20,21)19-7-9-22-10-8-19/h12H,3-11H2,1-2H3. The van der Waals surface area contributed by atoms with Crippen LogP contribution in [0, 0.1) is 0 Å². The summed E-state index contributed by atoms with van der Waals surface area (Å²) in [6.45, 7) is 8.66. The molecule has 0 spiro atoms. The monoisotopic (exact) mass is 359 g/mol. The first-order valence-electron chi connectivity index (χ1n) is 8.34. The van der Waals surface area contributed by atoms with Gasteiger partial charge in [0.2, 0.25) is 5.89 Å². The molecule has 3 heterocycles. The molecular formula is C14H25N5O4S. The molecule has 136 valence electrons. The second-order valence-corrected chi connectivity index (χ2v) is 8.32. The Morgan fingerprint density at radius 3 is 2.25 bits per heavy atom. The molecule has 9 nitrogen and oxygen atoms in total. The number of morpholine rings is 1. The van der Waals surface area contributed by atoms with Gasteiger partial charge in [0, 0.05) is 45.2 Å². The quantitative estimate of drug-likeness (QED) is 0.724. The highest BCUT2D eigenvalue weighted by Crippen LogP contribution is 2.16. The van der Waals surface area contributed by atoms with E-state index in [9.17, 15) is 8.42 Å². The summed E-state index contributed by atoms with van der Waals surface area (Å²) in [5.74, 6) is 1.53. The van der Waals surface area contributed by atoms with Crippen LogP contribution in [0.3, 0.4) is 0 Å². The first-order valence-corrected chi connectivity index (χ1v) is 9.74. The summed E-state index contributed by atoms with van der Waals surface area (Å²) in [4.78, 5) is 6.51. The minimum absolute atomic E-state index is 0.234. The molecular weight excluding hydrogens is 334 g/mol. The third-order valence-electron chi connectivity index (χ3n) is 4.31. The van der Waals surface area contributed by atoms with Gasteiger partial charge >= 0.3 is 0 Å². The number of rotatable bonds is 5. The third-order valence-corrected chi connectivity index (χ3v) is 6.35. The number of hydrogen-bond acceptors (Lipinski definition) is 7. The molecule has 1 aromatic heterocycles. The molecule has 0 amide bonds. The first-order chi connectivity index (χ1) is 11.5. The van der Waals surface area contributed by atoms with E-state index < -0.39 is 10.2 Å². The number of piperazine rings is 1. The molecule has 0 aliphatic carbocycles. The molecule has 3 rings (SSSR count). The summed E-state index contributed by atoms with van der Waals surface area (Å²) in [5, 5.41) is 3.96. The topological polar surface area (TPSA) is 92.0 Å². The van der Waals surface area contributed by atoms with Crippen molar-refractivity contribution in [3.63, 3.8) is 0 Å². The van der Waals surface area contributed by atoms with Crippen LogP contribution in [-0.2, 0) is 21.5 Å². The van der Waals surface area contributed by atoms with Gasteiger partial charge in [0.25, 0.3) is 10.2 Å². The van der Waals surface area contributed by atoms with Gasteiger partial charge < -0.3 is 9.26 Å². The van der Waals surface area contributed by atoms with Crippen LogP contribution < -0.4 is 0 Å². The van der Waals surface area contributed by atoms with Gasteiger partial charge in [0.15, 0.2) is 5.82 Å². The van der Waals surface area contributed by atoms with Gasteiger partial charge in [-0.15, -0.1) is 0 Å². The van der Waals surface area contributed by atoms with Crippen molar-refractivity contribution in [3.8, 4) is 0 Å². The second-order valence-electron chi connectivity index (χ2n) is 6.40. The van der Waals surface area contributed by atoms with E-state index in [0.717, 1.165) is 0 Å². The lowest BCUT2D eigenvalue weighted by atomic mass is 10.2. The molecule has 2 aliphatic rings. The van der Waals surface area contributed by atoms with E-state index in [0.29, 0.717) is 70.7 Å². The van der Waals surface area contributed by atoms with Crippen LogP contribution in [0.4, 0.5) is 0 Å². The Hall–Kier alpha value is -1.07. The van der Waals surface area contributed by atoms with Crippen molar-refractivity contribution in [1.82, 2.24) is 23.7 Å². The minimum Gasteiger partial charge on any atom is -0.379 e. The summed E-state index contributed by atoms with van der Waals surface area (Å²) < 4.78 is 38.8. The predicted molar refractivity (Wildman–Crippen MR) is 86.5 cm³/mol. The van der Waals surface area contributed by atoms with Gasteiger partial charge in [0.05, 0.1) is 19.8 Å². The maximum Gasteiger partial charge on any atom is 0.282 e. The Labute approximate surface area is 142 Å². The molecule has 0 unspecified atom stereocenters. The maximum absolute atomic E-state index is 12.6. The van der Waals surface area contributed by atoms with Crippen molar-refractivity contribution in [2.45, 2.75) is 26.3 Å². The molecule has 2 fully saturated rings. The zero-order chi connectivity index (χ0) is 17.2. The number of aromatic nitrogens is 2. The van der Waals surface area contributed by atoms with E-state index in [1.807, 2.05) is 13.8 Å². The van der Waals surface area contributed by atoms with E-state index in [-0.39, 0.29) is 5.92 Å². The lowest BCUT2D eigenvalue weighted by Crippen LogP contribution is -2.54.